The highest BCUT2D eigenvalue weighted by Gasteiger charge is 2.31. The van der Waals surface area contributed by atoms with Crippen LogP contribution in [0.4, 0.5) is 23.2 Å². The zero-order chi connectivity index (χ0) is 29.0. The lowest BCUT2D eigenvalue weighted by atomic mass is 10.2. The van der Waals surface area contributed by atoms with E-state index in [0.29, 0.717) is 5.69 Å². The molecular formula is C26H19Cl2F4N5O2S. The summed E-state index contributed by atoms with van der Waals surface area (Å²) in [4.78, 5) is 25.2. The SMILES string of the molecule is Cc1cccc(-n2c(CNC(=O)c3c(F)cccc3Cl)nnc2SCC(=O)Nc2cc(C(F)(F)F)ccc2Cl)c1. The third kappa shape index (κ3) is 6.93. The second kappa shape index (κ2) is 12.3. The number of halogens is 6. The predicted octanol–water partition coefficient (Wildman–Crippen LogP) is 6.70. The van der Waals surface area contributed by atoms with Gasteiger partial charge in [0, 0.05) is 5.69 Å². The maximum Gasteiger partial charge on any atom is 0.416 e. The molecule has 0 atom stereocenters. The molecule has 0 saturated heterocycles. The van der Waals surface area contributed by atoms with Gasteiger partial charge in [-0.15, -0.1) is 10.2 Å². The lowest BCUT2D eigenvalue weighted by Gasteiger charge is -2.13. The maximum absolute atomic E-state index is 14.2. The van der Waals surface area contributed by atoms with Crippen molar-refractivity contribution < 1.29 is 27.2 Å². The normalized spacial score (nSPS) is 11.4. The number of aryl methyl sites for hydroxylation is 1. The Labute approximate surface area is 239 Å². The highest BCUT2D eigenvalue weighted by molar-refractivity contribution is 7.99. The second-order valence-corrected chi connectivity index (χ2v) is 10.1. The van der Waals surface area contributed by atoms with Gasteiger partial charge in [-0.3, -0.25) is 14.2 Å². The van der Waals surface area contributed by atoms with E-state index in [1.54, 1.807) is 16.7 Å². The smallest absolute Gasteiger partial charge is 0.345 e. The van der Waals surface area contributed by atoms with E-state index >= 15 is 0 Å². The van der Waals surface area contributed by atoms with Crippen LogP contribution in [0.3, 0.4) is 0 Å². The number of nitrogens with one attached hydrogen (secondary N) is 2. The molecule has 4 aromatic rings. The molecule has 0 spiro atoms. The minimum Gasteiger partial charge on any atom is -0.345 e. The molecule has 0 bridgehead atoms. The van der Waals surface area contributed by atoms with Crippen LogP contribution in [0.5, 0.6) is 0 Å². The lowest BCUT2D eigenvalue weighted by Crippen LogP contribution is -2.26. The van der Waals surface area contributed by atoms with Crippen LogP contribution in [-0.4, -0.2) is 32.3 Å². The number of rotatable bonds is 8. The van der Waals surface area contributed by atoms with Gasteiger partial charge in [0.1, 0.15) is 5.82 Å². The number of thioether (sulfide) groups is 1. The fourth-order valence-corrected chi connectivity index (χ4v) is 4.80. The Hall–Kier alpha value is -3.61. The zero-order valence-electron chi connectivity index (χ0n) is 20.5. The van der Waals surface area contributed by atoms with E-state index < -0.39 is 29.4 Å². The fourth-order valence-electron chi connectivity index (χ4n) is 3.61. The number of nitrogens with zero attached hydrogens (tertiary/aromatic N) is 3. The van der Waals surface area contributed by atoms with Gasteiger partial charge < -0.3 is 10.6 Å². The van der Waals surface area contributed by atoms with Crippen molar-refractivity contribution in [2.24, 2.45) is 0 Å². The highest BCUT2D eigenvalue weighted by Crippen LogP contribution is 2.34. The van der Waals surface area contributed by atoms with E-state index in [4.69, 9.17) is 23.2 Å². The number of hydrogen-bond acceptors (Lipinski definition) is 5. The predicted molar refractivity (Wildman–Crippen MR) is 144 cm³/mol. The molecule has 0 aliphatic carbocycles. The molecule has 0 aliphatic heterocycles. The second-order valence-electron chi connectivity index (χ2n) is 8.38. The van der Waals surface area contributed by atoms with Gasteiger partial charge in [-0.25, -0.2) is 4.39 Å². The van der Waals surface area contributed by atoms with Crippen molar-refractivity contribution >= 4 is 52.5 Å². The summed E-state index contributed by atoms with van der Waals surface area (Å²) in [7, 11) is 0. The van der Waals surface area contributed by atoms with Crippen LogP contribution in [0.2, 0.25) is 10.0 Å². The van der Waals surface area contributed by atoms with E-state index in [2.05, 4.69) is 20.8 Å². The van der Waals surface area contributed by atoms with Gasteiger partial charge in [-0.2, -0.15) is 13.2 Å². The zero-order valence-corrected chi connectivity index (χ0v) is 22.9. The maximum atomic E-state index is 14.2. The van der Waals surface area contributed by atoms with Crippen LogP contribution in [0.15, 0.2) is 65.8 Å². The number of aromatic nitrogens is 3. The molecule has 14 heteroatoms. The van der Waals surface area contributed by atoms with Gasteiger partial charge in [-0.05, 0) is 55.0 Å². The van der Waals surface area contributed by atoms with E-state index in [0.717, 1.165) is 41.6 Å². The van der Waals surface area contributed by atoms with Crippen LogP contribution in [-0.2, 0) is 17.5 Å². The third-order valence-corrected chi connectivity index (χ3v) is 7.03. The van der Waals surface area contributed by atoms with E-state index in [9.17, 15) is 27.2 Å². The van der Waals surface area contributed by atoms with Gasteiger partial charge in [0.15, 0.2) is 11.0 Å². The summed E-state index contributed by atoms with van der Waals surface area (Å²) in [5, 5.41) is 13.4. The molecule has 40 heavy (non-hydrogen) atoms. The van der Waals surface area contributed by atoms with Gasteiger partial charge in [0.05, 0.1) is 39.2 Å². The first-order valence-electron chi connectivity index (χ1n) is 11.5. The van der Waals surface area contributed by atoms with E-state index in [1.165, 1.54) is 12.1 Å². The van der Waals surface area contributed by atoms with Crippen LogP contribution < -0.4 is 10.6 Å². The first-order chi connectivity index (χ1) is 18.9. The molecule has 7 nitrogen and oxygen atoms in total. The topological polar surface area (TPSA) is 88.9 Å². The highest BCUT2D eigenvalue weighted by atomic mass is 35.5. The van der Waals surface area contributed by atoms with Crippen molar-refractivity contribution in [3.05, 3.63) is 99.0 Å². The summed E-state index contributed by atoms with van der Waals surface area (Å²) in [6.45, 7) is 1.71. The molecule has 0 aliphatic rings. The van der Waals surface area contributed by atoms with Crippen LogP contribution in [0, 0.1) is 12.7 Å². The van der Waals surface area contributed by atoms with Crippen molar-refractivity contribution in [1.82, 2.24) is 20.1 Å². The fraction of sp³-hybridized carbons (Fsp3) is 0.154. The summed E-state index contributed by atoms with van der Waals surface area (Å²) >= 11 is 12.9. The first kappa shape index (κ1) is 29.4. The molecule has 0 saturated carbocycles. The van der Waals surface area contributed by atoms with Gasteiger partial charge in [-0.1, -0.05) is 53.2 Å². The Balaban J connectivity index is 1.53. The van der Waals surface area contributed by atoms with Crippen LogP contribution in [0.1, 0.15) is 27.3 Å². The monoisotopic (exact) mass is 611 g/mol. The molecular weight excluding hydrogens is 593 g/mol. The van der Waals surface area contributed by atoms with E-state index in [1.807, 2.05) is 19.1 Å². The molecule has 3 aromatic carbocycles. The van der Waals surface area contributed by atoms with Gasteiger partial charge in [0.25, 0.3) is 5.91 Å². The van der Waals surface area contributed by atoms with Crippen molar-refractivity contribution in [2.45, 2.75) is 24.8 Å². The molecule has 0 unspecified atom stereocenters. The Morgan fingerprint density at radius 2 is 1.75 bits per heavy atom. The first-order valence-corrected chi connectivity index (χ1v) is 13.2. The number of alkyl halides is 3. The number of carbonyl (C=O) groups excluding carboxylic acids is 2. The summed E-state index contributed by atoms with van der Waals surface area (Å²) in [5.74, 6) is -2.14. The number of anilines is 1. The quantitative estimate of drug-likeness (QED) is 0.171. The molecule has 208 valence electrons. The minimum absolute atomic E-state index is 0.0535. The van der Waals surface area contributed by atoms with Crippen molar-refractivity contribution in [1.29, 1.82) is 0 Å². The van der Waals surface area contributed by atoms with Crippen molar-refractivity contribution in [3.63, 3.8) is 0 Å². The average molecular weight is 612 g/mol. The summed E-state index contributed by atoms with van der Waals surface area (Å²) in [6.07, 6.45) is -4.60. The summed E-state index contributed by atoms with van der Waals surface area (Å²) in [5.41, 5.74) is 0.0828. The standard InChI is InChI=1S/C26H19Cl2F4N5O2S/c1-14-4-2-5-16(10-14)37-21(12-33-24(39)23-18(28)6-3-7-19(23)29)35-36-25(37)40-13-22(38)34-20-11-15(26(30,31)32)8-9-17(20)27/h2-11H,12-13H2,1H3,(H,33,39)(H,34,38). The summed E-state index contributed by atoms with van der Waals surface area (Å²) < 4.78 is 55.0. The Bertz CT molecular complexity index is 1560. The summed E-state index contributed by atoms with van der Waals surface area (Å²) in [6, 6.07) is 13.8. The lowest BCUT2D eigenvalue weighted by molar-refractivity contribution is -0.137. The van der Waals surface area contributed by atoms with E-state index in [-0.39, 0.29) is 44.6 Å². The minimum atomic E-state index is -4.60. The average Bonchev–Trinajstić information content (AvgIpc) is 3.29. The Morgan fingerprint density at radius 1 is 1.00 bits per heavy atom. The largest absolute Gasteiger partial charge is 0.416 e. The number of benzene rings is 3. The third-order valence-electron chi connectivity index (χ3n) is 5.46. The Kier molecular flexibility index (Phi) is 9.02. The van der Waals surface area contributed by atoms with Gasteiger partial charge >= 0.3 is 6.18 Å². The molecule has 2 N–H and O–H groups in total. The number of carbonyl (C=O) groups is 2. The Morgan fingerprint density at radius 3 is 2.45 bits per heavy atom. The van der Waals surface area contributed by atoms with Crippen LogP contribution >= 0.6 is 35.0 Å². The van der Waals surface area contributed by atoms with Crippen molar-refractivity contribution in [2.75, 3.05) is 11.1 Å². The number of amides is 2. The van der Waals surface area contributed by atoms with Crippen LogP contribution in [0.25, 0.3) is 5.69 Å². The molecule has 1 aromatic heterocycles. The number of hydrogen-bond donors (Lipinski definition) is 2. The van der Waals surface area contributed by atoms with Crippen molar-refractivity contribution in [3.8, 4) is 5.69 Å². The molecule has 4 rings (SSSR count). The molecule has 0 radical (unpaired) electrons. The molecule has 1 heterocycles. The molecule has 0 fully saturated rings. The molecule has 2 amide bonds. The van der Waals surface area contributed by atoms with Gasteiger partial charge in [0.2, 0.25) is 5.91 Å².